The second-order valence-electron chi connectivity index (χ2n) is 5.10. The van der Waals surface area contributed by atoms with E-state index in [9.17, 15) is 18.0 Å². The van der Waals surface area contributed by atoms with Crippen molar-refractivity contribution < 1.29 is 22.7 Å². The molecule has 0 saturated carbocycles. The molecule has 1 aliphatic heterocycles. The number of rotatable bonds is 6. The van der Waals surface area contributed by atoms with Gasteiger partial charge in [0.15, 0.2) is 0 Å². The van der Waals surface area contributed by atoms with Gasteiger partial charge in [0.25, 0.3) is 0 Å². The number of ether oxygens (including phenoxy) is 1. The highest BCUT2D eigenvalue weighted by Gasteiger charge is 2.40. The first-order valence-corrected chi connectivity index (χ1v) is 5.88. The summed E-state index contributed by atoms with van der Waals surface area (Å²) in [6.07, 6.45) is -5.16. The van der Waals surface area contributed by atoms with Crippen molar-refractivity contribution in [3.05, 3.63) is 0 Å². The maximum absolute atomic E-state index is 12.6. The summed E-state index contributed by atoms with van der Waals surface area (Å²) in [7, 11) is 0. The monoisotopic (exact) mass is 268 g/mol. The lowest BCUT2D eigenvalue weighted by molar-refractivity contribution is -0.180. The first-order valence-electron chi connectivity index (χ1n) is 5.88. The van der Waals surface area contributed by atoms with Gasteiger partial charge in [-0.3, -0.25) is 4.79 Å². The van der Waals surface area contributed by atoms with Crippen LogP contribution in [0.4, 0.5) is 13.2 Å². The maximum Gasteiger partial charge on any atom is 0.392 e. The first kappa shape index (κ1) is 15.2. The van der Waals surface area contributed by atoms with Crippen LogP contribution >= 0.6 is 0 Å². The van der Waals surface area contributed by atoms with Crippen molar-refractivity contribution >= 4 is 5.91 Å². The molecule has 0 spiro atoms. The Morgan fingerprint density at radius 1 is 1.50 bits per heavy atom. The van der Waals surface area contributed by atoms with Gasteiger partial charge < -0.3 is 15.8 Å². The van der Waals surface area contributed by atoms with Gasteiger partial charge >= 0.3 is 6.18 Å². The van der Waals surface area contributed by atoms with E-state index in [4.69, 9.17) is 10.5 Å². The summed E-state index contributed by atoms with van der Waals surface area (Å²) in [6, 6.07) is 0. The summed E-state index contributed by atoms with van der Waals surface area (Å²) < 4.78 is 42.7. The number of carbonyl (C=O) groups excluding carboxylic acids is 1. The fourth-order valence-electron chi connectivity index (χ4n) is 1.74. The van der Waals surface area contributed by atoms with Gasteiger partial charge in [0.05, 0.1) is 19.1 Å². The number of carbonyl (C=O) groups is 1. The summed E-state index contributed by atoms with van der Waals surface area (Å²) in [5.41, 5.74) is 4.99. The summed E-state index contributed by atoms with van der Waals surface area (Å²) in [5.74, 6) is -2.24. The number of alkyl halides is 3. The molecule has 1 fully saturated rings. The number of halogens is 3. The predicted octanol–water partition coefficient (Wildman–Crippen LogP) is 1.06. The topological polar surface area (TPSA) is 64.4 Å². The van der Waals surface area contributed by atoms with Crippen molar-refractivity contribution in [3.8, 4) is 0 Å². The largest absolute Gasteiger partial charge is 0.392 e. The Morgan fingerprint density at radius 2 is 2.11 bits per heavy atom. The molecule has 0 aromatic carbocycles. The Balaban J connectivity index is 2.36. The predicted molar refractivity (Wildman–Crippen MR) is 59.8 cm³/mol. The van der Waals surface area contributed by atoms with Crippen molar-refractivity contribution in [2.24, 2.45) is 17.1 Å². The standard InChI is InChI=1S/C11H19F3N2O2/c1-10(6-18-7-10)5-16-9(17)4-8(2-3-15)11(12,13)14/h8H,2-7,15H2,1H3,(H,16,17). The van der Waals surface area contributed by atoms with E-state index in [1.54, 1.807) is 0 Å². The van der Waals surface area contributed by atoms with Crippen LogP contribution in [0.1, 0.15) is 19.8 Å². The van der Waals surface area contributed by atoms with E-state index in [-0.39, 0.29) is 18.4 Å². The van der Waals surface area contributed by atoms with Gasteiger partial charge in [-0.25, -0.2) is 0 Å². The van der Waals surface area contributed by atoms with Crippen molar-refractivity contribution in [2.45, 2.75) is 25.9 Å². The molecule has 1 saturated heterocycles. The van der Waals surface area contributed by atoms with Crippen LogP contribution in [0.3, 0.4) is 0 Å². The fourth-order valence-corrected chi connectivity index (χ4v) is 1.74. The van der Waals surface area contributed by atoms with E-state index in [2.05, 4.69) is 5.32 Å². The average Bonchev–Trinajstić information content (AvgIpc) is 2.22. The van der Waals surface area contributed by atoms with E-state index in [1.165, 1.54) is 0 Å². The molecule has 7 heteroatoms. The second kappa shape index (κ2) is 5.88. The molecule has 1 rings (SSSR count). The smallest absolute Gasteiger partial charge is 0.380 e. The van der Waals surface area contributed by atoms with E-state index in [0.29, 0.717) is 19.8 Å². The van der Waals surface area contributed by atoms with Crippen molar-refractivity contribution in [2.75, 3.05) is 26.3 Å². The molecule has 4 nitrogen and oxygen atoms in total. The molecule has 0 aliphatic carbocycles. The molecule has 1 amide bonds. The van der Waals surface area contributed by atoms with Crippen molar-refractivity contribution in [3.63, 3.8) is 0 Å². The number of nitrogens with one attached hydrogen (secondary N) is 1. The lowest BCUT2D eigenvalue weighted by Gasteiger charge is -2.38. The number of nitrogens with two attached hydrogens (primary N) is 1. The number of hydrogen-bond donors (Lipinski definition) is 2. The summed E-state index contributed by atoms with van der Waals surface area (Å²) in [4.78, 5) is 11.5. The molecule has 18 heavy (non-hydrogen) atoms. The van der Waals surface area contributed by atoms with Crippen LogP contribution in [0.2, 0.25) is 0 Å². The van der Waals surface area contributed by atoms with E-state index in [0.717, 1.165) is 0 Å². The highest BCUT2D eigenvalue weighted by atomic mass is 19.4. The zero-order valence-corrected chi connectivity index (χ0v) is 10.3. The van der Waals surface area contributed by atoms with Gasteiger partial charge in [-0.15, -0.1) is 0 Å². The molecule has 106 valence electrons. The minimum Gasteiger partial charge on any atom is -0.380 e. The van der Waals surface area contributed by atoms with Gasteiger partial charge in [0.1, 0.15) is 0 Å². The SMILES string of the molecule is CC1(CNC(=O)CC(CCN)C(F)(F)F)COC1. The Labute approximate surface area is 104 Å². The van der Waals surface area contributed by atoms with E-state index < -0.39 is 24.4 Å². The van der Waals surface area contributed by atoms with Crippen LogP contribution in [-0.4, -0.2) is 38.4 Å². The molecule has 1 heterocycles. The van der Waals surface area contributed by atoms with Gasteiger partial charge in [0, 0.05) is 18.4 Å². The van der Waals surface area contributed by atoms with Gasteiger partial charge in [-0.1, -0.05) is 6.92 Å². The average molecular weight is 268 g/mol. The molecule has 1 aliphatic rings. The number of amides is 1. The number of hydrogen-bond acceptors (Lipinski definition) is 3. The molecule has 3 N–H and O–H groups in total. The Kier molecular flexibility index (Phi) is 4.98. The molecule has 0 radical (unpaired) electrons. The molecular formula is C11H19F3N2O2. The minimum atomic E-state index is -4.37. The molecular weight excluding hydrogens is 249 g/mol. The molecule has 1 atom stereocenters. The summed E-state index contributed by atoms with van der Waals surface area (Å²) >= 11 is 0. The van der Waals surface area contributed by atoms with Gasteiger partial charge in [0.2, 0.25) is 5.91 Å². The molecule has 0 aromatic rings. The third kappa shape index (κ3) is 4.45. The lowest BCUT2D eigenvalue weighted by atomic mass is 9.88. The summed E-state index contributed by atoms with van der Waals surface area (Å²) in [6.45, 7) is 3.23. The highest BCUT2D eigenvalue weighted by Crippen LogP contribution is 2.31. The van der Waals surface area contributed by atoms with Crippen molar-refractivity contribution in [1.29, 1.82) is 0 Å². The zero-order chi connectivity index (χ0) is 13.8. The first-order chi connectivity index (χ1) is 8.27. The van der Waals surface area contributed by atoms with Crippen LogP contribution < -0.4 is 11.1 Å². The van der Waals surface area contributed by atoms with E-state index in [1.807, 2.05) is 6.92 Å². The Morgan fingerprint density at radius 3 is 2.50 bits per heavy atom. The van der Waals surface area contributed by atoms with Crippen LogP contribution in [-0.2, 0) is 9.53 Å². The third-order valence-corrected chi connectivity index (χ3v) is 3.02. The Bertz CT molecular complexity index is 291. The zero-order valence-electron chi connectivity index (χ0n) is 10.3. The third-order valence-electron chi connectivity index (χ3n) is 3.02. The maximum atomic E-state index is 12.6. The molecule has 0 aromatic heterocycles. The molecule has 0 bridgehead atoms. The van der Waals surface area contributed by atoms with Gasteiger partial charge in [-0.2, -0.15) is 13.2 Å². The lowest BCUT2D eigenvalue weighted by Crippen LogP contribution is -2.49. The quantitative estimate of drug-likeness (QED) is 0.757. The van der Waals surface area contributed by atoms with Crippen LogP contribution in [0.5, 0.6) is 0 Å². The van der Waals surface area contributed by atoms with Gasteiger partial charge in [-0.05, 0) is 13.0 Å². The van der Waals surface area contributed by atoms with E-state index >= 15 is 0 Å². The van der Waals surface area contributed by atoms with Crippen molar-refractivity contribution in [1.82, 2.24) is 5.32 Å². The summed E-state index contributed by atoms with van der Waals surface area (Å²) in [5, 5.41) is 2.53. The minimum absolute atomic E-state index is 0.0803. The normalized spacial score (nSPS) is 20.1. The fraction of sp³-hybridized carbons (Fsp3) is 0.909. The molecule has 1 unspecified atom stereocenters. The second-order valence-corrected chi connectivity index (χ2v) is 5.10. The Hall–Kier alpha value is -0.820. The highest BCUT2D eigenvalue weighted by molar-refractivity contribution is 5.76. The van der Waals surface area contributed by atoms with Crippen LogP contribution in [0.25, 0.3) is 0 Å². The van der Waals surface area contributed by atoms with Crippen LogP contribution in [0, 0.1) is 11.3 Å². The van der Waals surface area contributed by atoms with Crippen LogP contribution in [0.15, 0.2) is 0 Å².